The highest BCUT2D eigenvalue weighted by atomic mass is 31.2. The molecule has 6 bridgehead atoms. The Labute approximate surface area is 417 Å². The van der Waals surface area contributed by atoms with Gasteiger partial charge in [-0.15, -0.1) is 0 Å². The van der Waals surface area contributed by atoms with Gasteiger partial charge in [-0.05, 0) is 101 Å². The minimum absolute atomic E-state index is 0.0150. The fraction of sp³-hybridized carbons (Fsp3) is 0.759. The van der Waals surface area contributed by atoms with Gasteiger partial charge >= 0.3 is 5.97 Å². The van der Waals surface area contributed by atoms with E-state index in [1.807, 2.05) is 65.0 Å². The fourth-order valence-corrected chi connectivity index (χ4v) is 13.1. The van der Waals surface area contributed by atoms with Crippen LogP contribution in [0.3, 0.4) is 0 Å². The number of carbonyl (C=O) groups excluding carboxylic acids is 5. The average Bonchev–Trinajstić information content (AvgIpc) is 3.34. The van der Waals surface area contributed by atoms with Crippen molar-refractivity contribution < 1.29 is 67.0 Å². The molecule has 15 nitrogen and oxygen atoms in total. The van der Waals surface area contributed by atoms with Gasteiger partial charge in [0.05, 0.1) is 24.4 Å². The molecule has 394 valence electrons. The number of piperidine rings is 1. The number of amides is 1. The molecular weight excluding hydrogens is 918 g/mol. The van der Waals surface area contributed by atoms with Crippen LogP contribution in [0.4, 0.5) is 0 Å². The van der Waals surface area contributed by atoms with Gasteiger partial charge in [0.2, 0.25) is 13.2 Å². The summed E-state index contributed by atoms with van der Waals surface area (Å²) in [6.45, 7) is 14.6. The summed E-state index contributed by atoms with van der Waals surface area (Å²) in [7, 11) is 1.74. The largest absolute Gasteiger partial charge is 0.460 e. The van der Waals surface area contributed by atoms with E-state index in [0.717, 1.165) is 5.57 Å². The first kappa shape index (κ1) is 57.8. The molecule has 5 unspecified atom stereocenters. The summed E-state index contributed by atoms with van der Waals surface area (Å²) < 4.78 is 49.6. The van der Waals surface area contributed by atoms with Gasteiger partial charge in [0.25, 0.3) is 11.7 Å². The SMILES string of the molecule is CCP(=O)(CC)O[C@@H]1CC[C@@H](CC2C3CC(=O)C(C)/C=C(\C)[C@@H](O)[C@@H](OC)C(=O)[C@H](C)CC(C)/C=C/C=C/C=C(\C)[C@@H](OC)C[C@@H]4CC[C@@H](C)[C@@](O)(O4)C(=O)C(=O)N4CCC[C@H]2C4C(=O)O3)C[C@H]1OC. The third-order valence-electron chi connectivity index (χ3n) is 16.2. The van der Waals surface area contributed by atoms with Crippen LogP contribution in [0.25, 0.3) is 0 Å². The standard InChI is InChI=1S/C54H84NO14P/c1-12-70(63,13-2)69-43-24-22-38(29-46(43)65-10)28-41-40-20-17-25-55-47(40)53(61)67-45(41)31-42(56)34(5)27-36(7)49(58)50(66-11)48(57)35(6)26-32(3)18-15-14-16-19-33(4)44(64-9)30-39-23-21-37(8)54(62,68-39)51(59)52(55)60/h14-16,18-19,27,32,34-35,37-41,43-47,49-50,58,62H,12-13,17,20-26,28-31H2,1-11H3/b16-14+,18-15+,33-19+,36-27+/t32?,34?,35-,37-,38+,39+,40-,41?,43-,44+,45?,46-,47?,49-,50+,54-/m1/s1. The number of rotatable bonds is 9. The van der Waals surface area contributed by atoms with Crippen molar-refractivity contribution in [1.29, 1.82) is 0 Å². The zero-order valence-corrected chi connectivity index (χ0v) is 44.6. The minimum Gasteiger partial charge on any atom is -0.460 e. The van der Waals surface area contributed by atoms with Crippen molar-refractivity contribution in [1.82, 2.24) is 4.90 Å². The minimum atomic E-state index is -2.84. The second-order valence-corrected chi connectivity index (χ2v) is 24.1. The molecule has 2 N–H and O–H groups in total. The molecule has 0 aromatic carbocycles. The fourth-order valence-electron chi connectivity index (χ4n) is 11.6. The average molecular weight is 1000 g/mol. The van der Waals surface area contributed by atoms with Crippen LogP contribution in [0.1, 0.15) is 126 Å². The molecular formula is C54H84NO14P. The highest BCUT2D eigenvalue weighted by Crippen LogP contribution is 2.51. The van der Waals surface area contributed by atoms with Crippen molar-refractivity contribution >= 4 is 36.6 Å². The van der Waals surface area contributed by atoms with E-state index in [0.29, 0.717) is 82.1 Å². The summed E-state index contributed by atoms with van der Waals surface area (Å²) in [5.41, 5.74) is 1.27. The molecule has 1 aliphatic carbocycles. The molecule has 0 aromatic heterocycles. The van der Waals surface area contributed by atoms with Crippen molar-refractivity contribution in [2.75, 3.05) is 40.2 Å². The zero-order valence-electron chi connectivity index (χ0n) is 43.7. The Morgan fingerprint density at radius 1 is 0.843 bits per heavy atom. The third-order valence-corrected chi connectivity index (χ3v) is 18.8. The molecule has 5 aliphatic rings. The Kier molecular flexibility index (Phi) is 21.2. The molecule has 70 heavy (non-hydrogen) atoms. The molecule has 1 amide bonds. The topological polar surface area (TPSA) is 201 Å². The molecule has 5 rings (SSSR count). The van der Waals surface area contributed by atoms with E-state index in [9.17, 15) is 38.8 Å². The number of aliphatic hydroxyl groups excluding tert-OH is 1. The molecule has 16 heteroatoms. The number of ether oxygens (including phenoxy) is 5. The number of Topliss-reactive ketones (excluding diaryl/α,β-unsaturated/α-hetero) is 3. The normalized spacial score (nSPS) is 40.7. The summed E-state index contributed by atoms with van der Waals surface area (Å²) in [4.78, 5) is 72.8. The smallest absolute Gasteiger partial charge is 0.329 e. The number of carbonyl (C=O) groups is 5. The van der Waals surface area contributed by atoms with Gasteiger partial charge in [0.1, 0.15) is 30.1 Å². The number of aliphatic hydroxyl groups is 2. The molecule has 1 saturated carbocycles. The van der Waals surface area contributed by atoms with Crippen LogP contribution in [-0.4, -0.2) is 139 Å². The maximum atomic E-state index is 14.6. The Bertz CT molecular complexity index is 2010. The number of allylic oxidation sites excluding steroid dienone is 6. The van der Waals surface area contributed by atoms with Gasteiger partial charge in [0.15, 0.2) is 5.78 Å². The summed E-state index contributed by atoms with van der Waals surface area (Å²) >= 11 is 0. The summed E-state index contributed by atoms with van der Waals surface area (Å²) in [6.07, 6.45) is 11.9. The number of methoxy groups -OCH3 is 3. The lowest BCUT2D eigenvalue weighted by Gasteiger charge is -2.50. The Morgan fingerprint density at radius 2 is 1.56 bits per heavy atom. The van der Waals surface area contributed by atoms with E-state index in [2.05, 4.69) is 0 Å². The van der Waals surface area contributed by atoms with Crippen LogP contribution in [0.2, 0.25) is 0 Å². The van der Waals surface area contributed by atoms with Gasteiger partial charge < -0.3 is 43.3 Å². The predicted octanol–water partition coefficient (Wildman–Crippen LogP) is 7.74. The van der Waals surface area contributed by atoms with E-state index in [-0.39, 0.29) is 48.6 Å². The van der Waals surface area contributed by atoms with Gasteiger partial charge in [-0.3, -0.25) is 23.7 Å². The third kappa shape index (κ3) is 13.7. The van der Waals surface area contributed by atoms with Crippen molar-refractivity contribution in [2.45, 2.75) is 181 Å². The van der Waals surface area contributed by atoms with E-state index in [1.165, 1.54) is 12.0 Å². The van der Waals surface area contributed by atoms with Gasteiger partial charge in [0, 0.05) is 76.7 Å². The van der Waals surface area contributed by atoms with E-state index in [1.54, 1.807) is 41.1 Å². The molecule has 4 heterocycles. The van der Waals surface area contributed by atoms with E-state index in [4.69, 9.17) is 28.2 Å². The number of nitrogens with zero attached hydrogens (tertiary/aromatic N) is 1. The number of esters is 1. The van der Waals surface area contributed by atoms with Crippen LogP contribution in [0, 0.1) is 41.4 Å². The summed E-state index contributed by atoms with van der Waals surface area (Å²) in [5, 5.41) is 23.6. The Balaban J connectivity index is 1.51. The first-order valence-corrected chi connectivity index (χ1v) is 27.9. The number of fused-ring (bicyclic) bond motifs is 3. The molecule has 3 saturated heterocycles. The molecule has 0 aromatic rings. The molecule has 0 radical (unpaired) electrons. The molecule has 0 spiro atoms. The second-order valence-electron chi connectivity index (χ2n) is 21.0. The van der Waals surface area contributed by atoms with Crippen LogP contribution in [0.5, 0.6) is 0 Å². The van der Waals surface area contributed by atoms with E-state index < -0.39 is 97.0 Å². The van der Waals surface area contributed by atoms with Crippen LogP contribution in [0.15, 0.2) is 47.6 Å². The van der Waals surface area contributed by atoms with Gasteiger partial charge in [-0.25, -0.2) is 4.79 Å². The van der Waals surface area contributed by atoms with Crippen molar-refractivity contribution in [3.63, 3.8) is 0 Å². The summed E-state index contributed by atoms with van der Waals surface area (Å²) in [6, 6.07) is -1.15. The van der Waals surface area contributed by atoms with Crippen LogP contribution >= 0.6 is 7.37 Å². The Morgan fingerprint density at radius 3 is 2.21 bits per heavy atom. The first-order chi connectivity index (χ1) is 33.1. The Hall–Kier alpha value is -3.14. The maximum Gasteiger partial charge on any atom is 0.329 e. The quantitative estimate of drug-likeness (QED) is 0.0983. The van der Waals surface area contributed by atoms with Crippen molar-refractivity contribution in [2.24, 2.45) is 41.4 Å². The number of ketones is 3. The van der Waals surface area contributed by atoms with Gasteiger partial charge in [-0.2, -0.15) is 0 Å². The highest BCUT2D eigenvalue weighted by molar-refractivity contribution is 7.58. The highest BCUT2D eigenvalue weighted by Gasteiger charge is 2.57. The zero-order chi connectivity index (χ0) is 51.7. The predicted molar refractivity (Wildman–Crippen MR) is 266 cm³/mol. The first-order valence-electron chi connectivity index (χ1n) is 25.9. The lowest BCUT2D eigenvalue weighted by Crippen LogP contribution is -2.65. The monoisotopic (exact) mass is 1000 g/mol. The van der Waals surface area contributed by atoms with Crippen LogP contribution < -0.4 is 0 Å². The van der Waals surface area contributed by atoms with E-state index >= 15 is 0 Å². The number of hydrogen-bond donors (Lipinski definition) is 2. The molecule has 16 atom stereocenters. The molecule has 4 fully saturated rings. The maximum absolute atomic E-state index is 14.6. The van der Waals surface area contributed by atoms with Crippen molar-refractivity contribution in [3.8, 4) is 0 Å². The second kappa shape index (κ2) is 25.7. The van der Waals surface area contributed by atoms with Gasteiger partial charge in [-0.1, -0.05) is 78.0 Å². The molecule has 4 aliphatic heterocycles. The lowest BCUT2D eigenvalue weighted by molar-refractivity contribution is -0.266. The van der Waals surface area contributed by atoms with Crippen molar-refractivity contribution in [3.05, 3.63) is 47.6 Å². The number of hydrogen-bond acceptors (Lipinski definition) is 14. The van der Waals surface area contributed by atoms with Crippen LogP contribution in [-0.2, 0) is 56.7 Å². The lowest BCUT2D eigenvalue weighted by atomic mass is 9.68. The summed E-state index contributed by atoms with van der Waals surface area (Å²) in [5.74, 6) is -8.61.